The van der Waals surface area contributed by atoms with Crippen molar-refractivity contribution in [3.63, 3.8) is 0 Å². The normalized spacial score (nSPS) is 10.5. The summed E-state index contributed by atoms with van der Waals surface area (Å²) < 4.78 is 5.32. The molecule has 0 saturated heterocycles. The standard InChI is InChI=1S/C26H21NO2/c1-3-26(28)29-25-16-15-23(17-19(25)2)27(22-11-5-4-6-12-22)24-14-13-20-9-7-8-10-21(20)18-24/h3-18H,1H2,2H3. The van der Waals surface area contributed by atoms with Gasteiger partial charge in [-0.05, 0) is 65.7 Å². The maximum absolute atomic E-state index is 11.6. The Hall–Kier alpha value is -3.85. The highest BCUT2D eigenvalue weighted by atomic mass is 16.5. The van der Waals surface area contributed by atoms with Gasteiger partial charge in [0.2, 0.25) is 0 Å². The number of benzene rings is 4. The molecule has 4 rings (SSSR count). The van der Waals surface area contributed by atoms with Gasteiger partial charge in [0.15, 0.2) is 0 Å². The van der Waals surface area contributed by atoms with E-state index in [2.05, 4.69) is 53.9 Å². The second kappa shape index (κ2) is 8.03. The van der Waals surface area contributed by atoms with Gasteiger partial charge >= 0.3 is 5.97 Å². The first-order valence-corrected chi connectivity index (χ1v) is 9.44. The number of ether oxygens (including phenoxy) is 1. The summed E-state index contributed by atoms with van der Waals surface area (Å²) in [5.41, 5.74) is 3.98. The van der Waals surface area contributed by atoms with E-state index in [1.54, 1.807) is 0 Å². The summed E-state index contributed by atoms with van der Waals surface area (Å²) in [5, 5.41) is 2.38. The zero-order valence-electron chi connectivity index (χ0n) is 16.2. The lowest BCUT2D eigenvalue weighted by atomic mass is 10.1. The summed E-state index contributed by atoms with van der Waals surface area (Å²) in [4.78, 5) is 13.8. The molecule has 0 bridgehead atoms. The van der Waals surface area contributed by atoms with Gasteiger partial charge in [-0.1, -0.05) is 55.1 Å². The van der Waals surface area contributed by atoms with E-state index < -0.39 is 5.97 Å². The molecule has 142 valence electrons. The predicted molar refractivity (Wildman–Crippen MR) is 119 cm³/mol. The van der Waals surface area contributed by atoms with Crippen LogP contribution >= 0.6 is 0 Å². The average Bonchev–Trinajstić information content (AvgIpc) is 2.76. The Labute approximate surface area is 170 Å². The van der Waals surface area contributed by atoms with Crippen molar-refractivity contribution in [3.05, 3.63) is 109 Å². The molecular formula is C26H21NO2. The predicted octanol–water partition coefficient (Wildman–Crippen LogP) is 6.71. The van der Waals surface area contributed by atoms with Crippen LogP contribution in [0.2, 0.25) is 0 Å². The number of para-hydroxylation sites is 1. The van der Waals surface area contributed by atoms with Gasteiger partial charge in [0.1, 0.15) is 5.75 Å². The molecule has 0 amide bonds. The third kappa shape index (κ3) is 3.90. The van der Waals surface area contributed by atoms with E-state index in [0.29, 0.717) is 5.75 Å². The summed E-state index contributed by atoms with van der Waals surface area (Å²) >= 11 is 0. The Morgan fingerprint density at radius 2 is 1.45 bits per heavy atom. The van der Waals surface area contributed by atoms with Crippen molar-refractivity contribution in [3.8, 4) is 5.75 Å². The van der Waals surface area contributed by atoms with Crippen molar-refractivity contribution in [2.45, 2.75) is 6.92 Å². The topological polar surface area (TPSA) is 29.5 Å². The number of carbonyl (C=O) groups is 1. The van der Waals surface area contributed by atoms with Crippen LogP contribution in [0.15, 0.2) is 104 Å². The third-order valence-electron chi connectivity index (χ3n) is 4.80. The molecule has 3 heteroatoms. The van der Waals surface area contributed by atoms with Crippen molar-refractivity contribution in [1.29, 1.82) is 0 Å². The van der Waals surface area contributed by atoms with Gasteiger partial charge in [0, 0.05) is 23.1 Å². The molecule has 0 aliphatic heterocycles. The van der Waals surface area contributed by atoms with Crippen LogP contribution in [0.5, 0.6) is 5.75 Å². The molecule has 0 heterocycles. The zero-order chi connectivity index (χ0) is 20.2. The SMILES string of the molecule is C=CC(=O)Oc1ccc(N(c2ccccc2)c2ccc3ccccc3c2)cc1C. The Kier molecular flexibility index (Phi) is 5.12. The molecule has 29 heavy (non-hydrogen) atoms. The number of nitrogens with zero attached hydrogens (tertiary/aromatic N) is 1. The lowest BCUT2D eigenvalue weighted by molar-refractivity contribution is -0.129. The second-order valence-electron chi connectivity index (χ2n) is 6.78. The van der Waals surface area contributed by atoms with Gasteiger partial charge in [-0.15, -0.1) is 0 Å². The van der Waals surface area contributed by atoms with Gasteiger partial charge in [0.25, 0.3) is 0 Å². The molecule has 0 fully saturated rings. The molecule has 0 unspecified atom stereocenters. The minimum Gasteiger partial charge on any atom is -0.423 e. The second-order valence-corrected chi connectivity index (χ2v) is 6.78. The van der Waals surface area contributed by atoms with E-state index in [0.717, 1.165) is 22.6 Å². The fourth-order valence-corrected chi connectivity index (χ4v) is 3.38. The molecule has 4 aromatic carbocycles. The molecule has 0 spiro atoms. The minimum atomic E-state index is -0.463. The van der Waals surface area contributed by atoms with E-state index in [1.165, 1.54) is 16.8 Å². The highest BCUT2D eigenvalue weighted by molar-refractivity contribution is 5.89. The Morgan fingerprint density at radius 1 is 0.793 bits per heavy atom. The summed E-state index contributed by atoms with van der Waals surface area (Å²) in [6.07, 6.45) is 1.17. The molecule has 0 saturated carbocycles. The number of fused-ring (bicyclic) bond motifs is 1. The van der Waals surface area contributed by atoms with E-state index >= 15 is 0 Å². The number of aryl methyl sites for hydroxylation is 1. The monoisotopic (exact) mass is 379 g/mol. The molecule has 0 aliphatic carbocycles. The maximum atomic E-state index is 11.6. The highest BCUT2D eigenvalue weighted by Crippen LogP contribution is 2.37. The molecule has 4 aromatic rings. The van der Waals surface area contributed by atoms with Gasteiger partial charge in [-0.3, -0.25) is 0 Å². The summed E-state index contributed by atoms with van der Waals surface area (Å²) in [6.45, 7) is 5.38. The van der Waals surface area contributed by atoms with Crippen molar-refractivity contribution in [1.82, 2.24) is 0 Å². The van der Waals surface area contributed by atoms with Crippen molar-refractivity contribution >= 4 is 33.8 Å². The fraction of sp³-hybridized carbons (Fsp3) is 0.0385. The van der Waals surface area contributed by atoms with E-state index in [-0.39, 0.29) is 0 Å². The van der Waals surface area contributed by atoms with Crippen molar-refractivity contribution in [2.24, 2.45) is 0 Å². The first-order chi connectivity index (χ1) is 14.2. The fourth-order valence-electron chi connectivity index (χ4n) is 3.38. The summed E-state index contributed by atoms with van der Waals surface area (Å²) in [6, 6.07) is 30.8. The number of carbonyl (C=O) groups excluding carboxylic acids is 1. The Balaban J connectivity index is 1.82. The quantitative estimate of drug-likeness (QED) is 0.219. The van der Waals surface area contributed by atoms with E-state index in [4.69, 9.17) is 4.74 Å². The molecule has 0 radical (unpaired) electrons. The van der Waals surface area contributed by atoms with Crippen LogP contribution in [0.4, 0.5) is 17.1 Å². The van der Waals surface area contributed by atoms with Gasteiger partial charge in [-0.2, -0.15) is 0 Å². The van der Waals surface area contributed by atoms with Crippen molar-refractivity contribution in [2.75, 3.05) is 4.90 Å². The van der Waals surface area contributed by atoms with Gasteiger partial charge in [0.05, 0.1) is 0 Å². The summed E-state index contributed by atoms with van der Waals surface area (Å²) in [7, 11) is 0. The smallest absolute Gasteiger partial charge is 0.335 e. The lowest BCUT2D eigenvalue weighted by Crippen LogP contribution is -2.11. The van der Waals surface area contributed by atoms with Crippen LogP contribution in [0, 0.1) is 6.92 Å². The van der Waals surface area contributed by atoms with Crippen LogP contribution in [-0.4, -0.2) is 5.97 Å². The maximum Gasteiger partial charge on any atom is 0.335 e. The molecule has 0 N–H and O–H groups in total. The van der Waals surface area contributed by atoms with E-state index in [9.17, 15) is 4.79 Å². The highest BCUT2D eigenvalue weighted by Gasteiger charge is 2.14. The van der Waals surface area contributed by atoms with Crippen LogP contribution in [-0.2, 0) is 4.79 Å². The largest absolute Gasteiger partial charge is 0.423 e. The van der Waals surface area contributed by atoms with Crippen LogP contribution in [0.25, 0.3) is 10.8 Å². The number of hydrogen-bond acceptors (Lipinski definition) is 3. The Bertz CT molecular complexity index is 1180. The average molecular weight is 379 g/mol. The number of anilines is 3. The molecule has 3 nitrogen and oxygen atoms in total. The third-order valence-corrected chi connectivity index (χ3v) is 4.80. The number of hydrogen-bond donors (Lipinski definition) is 0. The number of rotatable bonds is 5. The van der Waals surface area contributed by atoms with Gasteiger partial charge in [-0.25, -0.2) is 4.79 Å². The molecule has 0 aliphatic rings. The van der Waals surface area contributed by atoms with Crippen molar-refractivity contribution < 1.29 is 9.53 Å². The minimum absolute atomic E-state index is 0.463. The first kappa shape index (κ1) is 18.5. The Morgan fingerprint density at radius 3 is 2.17 bits per heavy atom. The zero-order valence-corrected chi connectivity index (χ0v) is 16.2. The molecular weight excluding hydrogens is 358 g/mol. The van der Waals surface area contributed by atoms with Crippen LogP contribution in [0.3, 0.4) is 0 Å². The molecule has 0 atom stereocenters. The number of esters is 1. The van der Waals surface area contributed by atoms with E-state index in [1.807, 2.05) is 55.5 Å². The lowest BCUT2D eigenvalue weighted by Gasteiger charge is -2.26. The molecule has 0 aromatic heterocycles. The van der Waals surface area contributed by atoms with Gasteiger partial charge < -0.3 is 9.64 Å². The first-order valence-electron chi connectivity index (χ1n) is 9.44. The van der Waals surface area contributed by atoms with Crippen LogP contribution in [0.1, 0.15) is 5.56 Å². The summed E-state index contributed by atoms with van der Waals surface area (Å²) in [5.74, 6) is 0.0699. The van der Waals surface area contributed by atoms with Crippen LogP contribution < -0.4 is 9.64 Å².